The van der Waals surface area contributed by atoms with E-state index in [9.17, 15) is 9.59 Å². The van der Waals surface area contributed by atoms with Crippen LogP contribution in [0.4, 0.5) is 0 Å². The van der Waals surface area contributed by atoms with Crippen molar-refractivity contribution in [1.82, 2.24) is 0 Å². The summed E-state index contributed by atoms with van der Waals surface area (Å²) in [5.41, 5.74) is 5.43. The van der Waals surface area contributed by atoms with E-state index >= 15 is 0 Å². The number of nitrogens with two attached hydrogens (primary N) is 1. The van der Waals surface area contributed by atoms with Crippen molar-refractivity contribution in [3.8, 4) is 11.8 Å². The van der Waals surface area contributed by atoms with Crippen molar-refractivity contribution >= 4 is 11.9 Å². The summed E-state index contributed by atoms with van der Waals surface area (Å²) in [6.07, 6.45) is 0. The average molecular weight is 245 g/mol. The van der Waals surface area contributed by atoms with E-state index in [1.165, 1.54) is 0 Å². The molecule has 1 aromatic rings. The van der Waals surface area contributed by atoms with Gasteiger partial charge < -0.3 is 10.5 Å². The Balaban J connectivity index is 2.81. The van der Waals surface area contributed by atoms with Gasteiger partial charge in [-0.2, -0.15) is 0 Å². The third-order valence-corrected chi connectivity index (χ3v) is 1.85. The summed E-state index contributed by atoms with van der Waals surface area (Å²) in [4.78, 5) is 22.2. The van der Waals surface area contributed by atoms with E-state index in [1.54, 1.807) is 45.0 Å². The van der Waals surface area contributed by atoms with Crippen LogP contribution in [0.1, 0.15) is 36.7 Å². The molecule has 0 heterocycles. The van der Waals surface area contributed by atoms with Gasteiger partial charge in [0, 0.05) is 5.56 Å². The minimum Gasteiger partial charge on any atom is -0.456 e. The zero-order chi connectivity index (χ0) is 13.8. The van der Waals surface area contributed by atoms with Gasteiger partial charge in [-0.3, -0.25) is 4.79 Å². The molecule has 0 spiro atoms. The minimum absolute atomic E-state index is 0.392. The van der Waals surface area contributed by atoms with Gasteiger partial charge in [-0.1, -0.05) is 5.92 Å². The maximum atomic E-state index is 11.7. The SMILES string of the molecule is CC(C)(C)OC(=O)c1ccc(C#CC(N)=O)cc1. The Morgan fingerprint density at radius 1 is 1.17 bits per heavy atom. The van der Waals surface area contributed by atoms with E-state index in [4.69, 9.17) is 10.5 Å². The number of ether oxygens (including phenoxy) is 1. The summed E-state index contributed by atoms with van der Waals surface area (Å²) < 4.78 is 5.21. The first-order valence-corrected chi connectivity index (χ1v) is 5.43. The lowest BCUT2D eigenvalue weighted by Crippen LogP contribution is -2.23. The molecule has 0 aliphatic carbocycles. The summed E-state index contributed by atoms with van der Waals surface area (Å²) >= 11 is 0. The van der Waals surface area contributed by atoms with Gasteiger partial charge >= 0.3 is 5.97 Å². The van der Waals surface area contributed by atoms with Crippen molar-refractivity contribution in [1.29, 1.82) is 0 Å². The molecule has 0 aliphatic rings. The second-order valence-electron chi connectivity index (χ2n) is 4.69. The van der Waals surface area contributed by atoms with Gasteiger partial charge in [-0.15, -0.1) is 0 Å². The second kappa shape index (κ2) is 5.37. The topological polar surface area (TPSA) is 69.4 Å². The van der Waals surface area contributed by atoms with Gasteiger partial charge in [0.1, 0.15) is 5.60 Å². The van der Waals surface area contributed by atoms with Gasteiger partial charge in [0.2, 0.25) is 0 Å². The Kier molecular flexibility index (Phi) is 4.11. The number of amides is 1. The Labute approximate surface area is 106 Å². The Bertz CT molecular complexity index is 513. The van der Waals surface area contributed by atoms with Crippen LogP contribution in [-0.4, -0.2) is 17.5 Å². The summed E-state index contributed by atoms with van der Waals surface area (Å²) in [6.45, 7) is 5.41. The molecular formula is C14H15NO3. The van der Waals surface area contributed by atoms with Crippen LogP contribution in [0.3, 0.4) is 0 Å². The first-order chi connectivity index (χ1) is 8.28. The zero-order valence-corrected chi connectivity index (χ0v) is 10.6. The van der Waals surface area contributed by atoms with E-state index < -0.39 is 17.5 Å². The van der Waals surface area contributed by atoms with Crippen molar-refractivity contribution in [2.24, 2.45) is 5.73 Å². The number of rotatable bonds is 1. The molecular weight excluding hydrogens is 230 g/mol. The molecule has 0 unspecified atom stereocenters. The Hall–Kier alpha value is -2.28. The van der Waals surface area contributed by atoms with Gasteiger partial charge in [-0.05, 0) is 51.0 Å². The molecule has 0 fully saturated rings. The molecule has 94 valence electrons. The van der Waals surface area contributed by atoms with E-state index in [0.717, 1.165) is 0 Å². The third-order valence-electron chi connectivity index (χ3n) is 1.85. The number of carbonyl (C=O) groups is 2. The van der Waals surface area contributed by atoms with Crippen molar-refractivity contribution in [3.63, 3.8) is 0 Å². The summed E-state index contributed by atoms with van der Waals surface area (Å²) in [5, 5.41) is 0. The van der Waals surface area contributed by atoms with Crippen LogP contribution in [0.5, 0.6) is 0 Å². The highest BCUT2D eigenvalue weighted by atomic mass is 16.6. The molecule has 1 aromatic carbocycles. The lowest BCUT2D eigenvalue weighted by Gasteiger charge is -2.19. The van der Waals surface area contributed by atoms with Crippen molar-refractivity contribution < 1.29 is 14.3 Å². The van der Waals surface area contributed by atoms with Crippen LogP contribution in [0.15, 0.2) is 24.3 Å². The Morgan fingerprint density at radius 3 is 2.17 bits per heavy atom. The predicted octanol–water partition coefficient (Wildman–Crippen LogP) is 1.48. The zero-order valence-electron chi connectivity index (χ0n) is 10.6. The average Bonchev–Trinajstić information content (AvgIpc) is 2.24. The van der Waals surface area contributed by atoms with Crippen LogP contribution < -0.4 is 5.73 Å². The van der Waals surface area contributed by atoms with Gasteiger partial charge in [0.05, 0.1) is 5.56 Å². The normalized spacial score (nSPS) is 10.2. The number of primary amides is 1. The molecule has 2 N–H and O–H groups in total. The van der Waals surface area contributed by atoms with E-state index in [-0.39, 0.29) is 0 Å². The molecule has 0 aliphatic heterocycles. The van der Waals surface area contributed by atoms with Crippen LogP contribution in [0.25, 0.3) is 0 Å². The number of hydrogen-bond donors (Lipinski definition) is 1. The monoisotopic (exact) mass is 245 g/mol. The standard InChI is InChI=1S/C14H15NO3/c1-14(2,3)18-13(17)11-7-4-10(5-8-11)6-9-12(15)16/h4-5,7-8H,1-3H3,(H2,15,16). The molecule has 1 rings (SSSR count). The quantitative estimate of drug-likeness (QED) is 0.601. The fourth-order valence-corrected chi connectivity index (χ4v) is 1.16. The molecule has 4 nitrogen and oxygen atoms in total. The van der Waals surface area contributed by atoms with E-state index in [2.05, 4.69) is 11.8 Å². The highest BCUT2D eigenvalue weighted by Crippen LogP contribution is 2.12. The van der Waals surface area contributed by atoms with Crippen LogP contribution in [0.2, 0.25) is 0 Å². The van der Waals surface area contributed by atoms with Crippen molar-refractivity contribution in [2.75, 3.05) is 0 Å². The predicted molar refractivity (Wildman–Crippen MR) is 67.7 cm³/mol. The summed E-state index contributed by atoms with van der Waals surface area (Å²) in [7, 11) is 0. The molecule has 0 saturated heterocycles. The molecule has 0 aromatic heterocycles. The molecule has 18 heavy (non-hydrogen) atoms. The number of carbonyl (C=O) groups excluding carboxylic acids is 2. The maximum Gasteiger partial charge on any atom is 0.338 e. The highest BCUT2D eigenvalue weighted by molar-refractivity contribution is 5.93. The molecule has 0 radical (unpaired) electrons. The van der Waals surface area contributed by atoms with Gasteiger partial charge in [0.25, 0.3) is 5.91 Å². The largest absolute Gasteiger partial charge is 0.456 e. The summed E-state index contributed by atoms with van der Waals surface area (Å²) in [5.74, 6) is 3.72. The molecule has 0 bridgehead atoms. The fraction of sp³-hybridized carbons (Fsp3) is 0.286. The molecule has 0 saturated carbocycles. The van der Waals surface area contributed by atoms with E-state index in [1.807, 2.05) is 0 Å². The number of hydrogen-bond acceptors (Lipinski definition) is 3. The van der Waals surface area contributed by atoms with Crippen molar-refractivity contribution in [2.45, 2.75) is 26.4 Å². The lowest BCUT2D eigenvalue weighted by molar-refractivity contribution is -0.112. The number of benzene rings is 1. The first kappa shape index (κ1) is 13.8. The highest BCUT2D eigenvalue weighted by Gasteiger charge is 2.17. The molecule has 1 amide bonds. The van der Waals surface area contributed by atoms with E-state index in [0.29, 0.717) is 11.1 Å². The minimum atomic E-state index is -0.689. The van der Waals surface area contributed by atoms with Gasteiger partial charge in [0.15, 0.2) is 0 Å². The smallest absolute Gasteiger partial charge is 0.338 e. The maximum absolute atomic E-state index is 11.7. The summed E-state index contributed by atoms with van der Waals surface area (Å²) in [6, 6.07) is 6.46. The second-order valence-corrected chi connectivity index (χ2v) is 4.69. The fourth-order valence-electron chi connectivity index (χ4n) is 1.16. The Morgan fingerprint density at radius 2 is 1.72 bits per heavy atom. The van der Waals surface area contributed by atoms with Crippen molar-refractivity contribution in [3.05, 3.63) is 35.4 Å². The number of esters is 1. The van der Waals surface area contributed by atoms with Crippen LogP contribution in [0, 0.1) is 11.8 Å². The van der Waals surface area contributed by atoms with Gasteiger partial charge in [-0.25, -0.2) is 4.79 Å². The van der Waals surface area contributed by atoms with Crippen LogP contribution >= 0.6 is 0 Å². The molecule has 0 atom stereocenters. The molecule has 4 heteroatoms. The van der Waals surface area contributed by atoms with Crippen LogP contribution in [-0.2, 0) is 9.53 Å². The lowest BCUT2D eigenvalue weighted by atomic mass is 10.1. The third kappa shape index (κ3) is 4.71. The first-order valence-electron chi connectivity index (χ1n) is 5.43.